The van der Waals surface area contributed by atoms with E-state index in [1.54, 1.807) is 24.3 Å². The molecule has 2 bridgehead atoms. The predicted molar refractivity (Wildman–Crippen MR) is 171 cm³/mol. The van der Waals surface area contributed by atoms with Crippen LogP contribution in [0.15, 0.2) is 76.9 Å². The number of hydrogen-bond donors (Lipinski definition) is 0. The number of carbonyl (C=O) groups is 4. The molecule has 0 unspecified atom stereocenters. The lowest BCUT2D eigenvalue weighted by atomic mass is 9.37. The van der Waals surface area contributed by atoms with Gasteiger partial charge in [-0.2, -0.15) is 0 Å². The second-order valence-corrected chi connectivity index (χ2v) is 13.9. The Morgan fingerprint density at radius 3 is 1.93 bits per heavy atom. The molecule has 0 aromatic heterocycles. The molecule has 0 amide bonds. The van der Waals surface area contributed by atoms with Crippen LogP contribution in [-0.4, -0.2) is 23.1 Å². The first-order valence-corrected chi connectivity index (χ1v) is 15.4. The van der Waals surface area contributed by atoms with Crippen molar-refractivity contribution < 1.29 is 19.2 Å². The third kappa shape index (κ3) is 6.00. The zero-order chi connectivity index (χ0) is 31.5. The molecule has 0 spiro atoms. The van der Waals surface area contributed by atoms with Gasteiger partial charge >= 0.3 is 0 Å². The van der Waals surface area contributed by atoms with Gasteiger partial charge in [0, 0.05) is 5.56 Å². The van der Waals surface area contributed by atoms with Gasteiger partial charge in [-0.05, 0) is 98.3 Å². The van der Waals surface area contributed by atoms with E-state index in [4.69, 9.17) is 0 Å². The Morgan fingerprint density at radius 1 is 0.786 bits per heavy atom. The summed E-state index contributed by atoms with van der Waals surface area (Å²) in [7, 11) is 0. The number of carbonyl (C=O) groups excluding carboxylic acids is 4. The molecular formula is C38H50O4. The monoisotopic (exact) mass is 570 g/mol. The lowest BCUT2D eigenvalue weighted by molar-refractivity contribution is -0.178. The zero-order valence-electron chi connectivity index (χ0n) is 27.2. The number of rotatable bonds is 11. The maximum atomic E-state index is 15.1. The summed E-state index contributed by atoms with van der Waals surface area (Å²) in [5.74, 6) is -3.02. The average Bonchev–Trinajstić information content (AvgIpc) is 2.91. The van der Waals surface area contributed by atoms with Crippen LogP contribution in [0.4, 0.5) is 0 Å². The van der Waals surface area contributed by atoms with Crippen molar-refractivity contribution in [3.63, 3.8) is 0 Å². The molecule has 2 fully saturated rings. The molecule has 4 nitrogen and oxygen atoms in total. The first-order valence-electron chi connectivity index (χ1n) is 15.4. The molecule has 226 valence electrons. The molecule has 0 aliphatic heterocycles. The van der Waals surface area contributed by atoms with Crippen molar-refractivity contribution in [1.82, 2.24) is 0 Å². The average molecular weight is 571 g/mol. The second kappa shape index (κ2) is 13.0. The highest BCUT2D eigenvalue weighted by molar-refractivity contribution is 6.40. The van der Waals surface area contributed by atoms with Crippen molar-refractivity contribution >= 4 is 23.1 Å². The molecule has 2 aliphatic carbocycles. The SMILES string of the molecule is CC(C)=CCC/C(C)=C/C[C@@]12C[C@@H](CC=C(C)C)C(C)(C)[C@@](C(=O)c3ccccc3)(C(=O)[C@H](CC=C(C)C)C1=O)C2=O. The summed E-state index contributed by atoms with van der Waals surface area (Å²) < 4.78 is 0. The van der Waals surface area contributed by atoms with Gasteiger partial charge in [-0.15, -0.1) is 0 Å². The van der Waals surface area contributed by atoms with Gasteiger partial charge in [-0.25, -0.2) is 0 Å². The van der Waals surface area contributed by atoms with E-state index in [1.807, 2.05) is 66.7 Å². The van der Waals surface area contributed by atoms with Gasteiger partial charge in [0.2, 0.25) is 0 Å². The number of fused-ring (bicyclic) bond motifs is 2. The predicted octanol–water partition coefficient (Wildman–Crippen LogP) is 9.02. The molecule has 1 aromatic carbocycles. The fourth-order valence-corrected chi connectivity index (χ4v) is 7.03. The van der Waals surface area contributed by atoms with Crippen LogP contribution in [0.3, 0.4) is 0 Å². The van der Waals surface area contributed by atoms with E-state index in [0.717, 1.165) is 29.6 Å². The van der Waals surface area contributed by atoms with Gasteiger partial charge in [0.15, 0.2) is 28.5 Å². The highest BCUT2D eigenvalue weighted by atomic mass is 16.2. The van der Waals surface area contributed by atoms with E-state index in [2.05, 4.69) is 26.0 Å². The highest BCUT2D eigenvalue weighted by Gasteiger charge is 2.77. The van der Waals surface area contributed by atoms with Gasteiger partial charge in [-0.1, -0.05) is 90.8 Å². The fraction of sp³-hybridized carbons (Fsp3) is 0.526. The van der Waals surface area contributed by atoms with Crippen LogP contribution >= 0.6 is 0 Å². The number of ketones is 4. The Labute approximate surface area is 253 Å². The summed E-state index contributed by atoms with van der Waals surface area (Å²) in [6.45, 7) is 17.9. The molecule has 0 saturated heterocycles. The highest BCUT2D eigenvalue weighted by Crippen LogP contribution is 2.65. The number of allylic oxidation sites excluding steroid dienone is 8. The van der Waals surface area contributed by atoms with Crippen molar-refractivity contribution in [2.45, 2.75) is 101 Å². The zero-order valence-corrected chi connectivity index (χ0v) is 27.2. The molecule has 0 heterocycles. The van der Waals surface area contributed by atoms with E-state index >= 15 is 4.79 Å². The number of hydrogen-bond acceptors (Lipinski definition) is 4. The Balaban J connectivity index is 2.31. The lowest BCUT2D eigenvalue weighted by Gasteiger charge is -2.60. The van der Waals surface area contributed by atoms with Crippen molar-refractivity contribution in [2.75, 3.05) is 0 Å². The maximum Gasteiger partial charge on any atom is 0.184 e. The number of Topliss-reactive ketones (excluding diaryl/α,β-unsaturated/α-hetero) is 4. The summed E-state index contributed by atoms with van der Waals surface area (Å²) in [6, 6.07) is 8.70. The minimum absolute atomic E-state index is 0.205. The van der Waals surface area contributed by atoms with Crippen LogP contribution < -0.4 is 0 Å². The first-order chi connectivity index (χ1) is 19.6. The van der Waals surface area contributed by atoms with Crippen LogP contribution in [0.1, 0.15) is 111 Å². The maximum absolute atomic E-state index is 15.1. The van der Waals surface area contributed by atoms with Crippen LogP contribution in [0, 0.1) is 28.1 Å². The largest absolute Gasteiger partial charge is 0.298 e. The summed E-state index contributed by atoms with van der Waals surface area (Å²) in [5, 5.41) is 0. The standard InChI is InChI=1S/C38H50O4/c1-25(2)14-13-15-28(7)22-23-37-24-30(20-18-26(3)4)36(8,9)38(35(37)42,32(39)29-16-11-10-12-17-29)34(41)31(33(37)40)21-19-27(5)6/h10-12,14,16-19,22,30-31H,13,15,20-21,23-24H2,1-9H3/b28-22+/t30-,31-,37-,38+/m1/s1. The molecule has 3 rings (SSSR count). The minimum Gasteiger partial charge on any atom is -0.298 e. The van der Waals surface area contributed by atoms with Gasteiger partial charge in [0.25, 0.3) is 0 Å². The lowest BCUT2D eigenvalue weighted by Crippen LogP contribution is -2.73. The summed E-state index contributed by atoms with van der Waals surface area (Å²) in [4.78, 5) is 59.1. The third-order valence-electron chi connectivity index (χ3n) is 9.67. The van der Waals surface area contributed by atoms with Crippen LogP contribution in [0.2, 0.25) is 0 Å². The molecule has 0 radical (unpaired) electrons. The molecular weight excluding hydrogens is 520 g/mol. The molecule has 1 aromatic rings. The summed E-state index contributed by atoms with van der Waals surface area (Å²) in [6.07, 6.45) is 11.3. The summed E-state index contributed by atoms with van der Waals surface area (Å²) >= 11 is 0. The third-order valence-corrected chi connectivity index (χ3v) is 9.67. The smallest absolute Gasteiger partial charge is 0.184 e. The van der Waals surface area contributed by atoms with Gasteiger partial charge < -0.3 is 0 Å². The van der Waals surface area contributed by atoms with E-state index < -0.39 is 39.5 Å². The summed E-state index contributed by atoms with van der Waals surface area (Å²) in [5.41, 5.74) is 0.455. The topological polar surface area (TPSA) is 68.3 Å². The Hall–Kier alpha value is -3.14. The Kier molecular flexibility index (Phi) is 10.3. The van der Waals surface area contributed by atoms with Gasteiger partial charge in [0.1, 0.15) is 0 Å². The minimum atomic E-state index is -1.94. The molecule has 4 atom stereocenters. The van der Waals surface area contributed by atoms with Crippen LogP contribution in [0.5, 0.6) is 0 Å². The Bertz CT molecular complexity index is 1340. The molecule has 0 N–H and O–H groups in total. The van der Waals surface area contributed by atoms with Gasteiger partial charge in [0.05, 0.1) is 11.3 Å². The molecule has 2 aliphatic rings. The van der Waals surface area contributed by atoms with E-state index in [0.29, 0.717) is 18.4 Å². The van der Waals surface area contributed by atoms with E-state index in [-0.39, 0.29) is 24.5 Å². The van der Waals surface area contributed by atoms with Crippen LogP contribution in [0.25, 0.3) is 0 Å². The second-order valence-electron chi connectivity index (χ2n) is 13.9. The van der Waals surface area contributed by atoms with Crippen LogP contribution in [-0.2, 0) is 14.4 Å². The normalized spacial score (nSPS) is 26.9. The fourth-order valence-electron chi connectivity index (χ4n) is 7.03. The van der Waals surface area contributed by atoms with Crippen molar-refractivity contribution in [1.29, 1.82) is 0 Å². The Morgan fingerprint density at radius 2 is 1.36 bits per heavy atom. The molecule has 4 heteroatoms. The van der Waals surface area contributed by atoms with E-state index in [1.165, 1.54) is 5.57 Å². The van der Waals surface area contributed by atoms with Crippen molar-refractivity contribution in [3.8, 4) is 0 Å². The molecule has 42 heavy (non-hydrogen) atoms. The van der Waals surface area contributed by atoms with E-state index in [9.17, 15) is 14.4 Å². The van der Waals surface area contributed by atoms with Crippen molar-refractivity contribution in [2.24, 2.45) is 28.1 Å². The first kappa shape index (κ1) is 33.4. The number of benzene rings is 1. The van der Waals surface area contributed by atoms with Gasteiger partial charge in [-0.3, -0.25) is 19.2 Å². The molecule has 2 saturated carbocycles. The quantitative estimate of drug-likeness (QED) is 0.151. The van der Waals surface area contributed by atoms with Crippen molar-refractivity contribution in [3.05, 3.63) is 82.5 Å².